The number of rotatable bonds is 11. The molecule has 37 heavy (non-hydrogen) atoms. The molecule has 0 fully saturated rings. The minimum Gasteiger partial charge on any atom is -0.504 e. The fraction of sp³-hybridized carbons (Fsp3) is 0.179. The third-order valence-corrected chi connectivity index (χ3v) is 5.26. The lowest BCUT2D eigenvalue weighted by Gasteiger charge is -2.28. The van der Waals surface area contributed by atoms with Gasteiger partial charge in [0.15, 0.2) is 17.6 Å². The van der Waals surface area contributed by atoms with Gasteiger partial charge in [0, 0.05) is 17.2 Å². The number of nitrogens with one attached hydrogen (secondary N) is 1. The Labute approximate surface area is 213 Å². The molecule has 9 nitrogen and oxygen atoms in total. The zero-order valence-corrected chi connectivity index (χ0v) is 20.1. The van der Waals surface area contributed by atoms with E-state index in [1.165, 1.54) is 25.3 Å². The van der Waals surface area contributed by atoms with Crippen molar-refractivity contribution >= 4 is 18.0 Å². The van der Waals surface area contributed by atoms with Crippen LogP contribution < -0.4 is 14.8 Å². The second-order valence-electron chi connectivity index (χ2n) is 7.86. The second kappa shape index (κ2) is 13.3. The van der Waals surface area contributed by atoms with E-state index >= 15 is 0 Å². The number of alkyl carbamates (subject to hydrolysis) is 1. The molecular formula is C28H27NO8. The predicted octanol–water partition coefficient (Wildman–Crippen LogP) is 4.88. The maximum absolute atomic E-state index is 12.8. The Morgan fingerprint density at radius 3 is 2.27 bits per heavy atom. The maximum atomic E-state index is 12.8. The van der Waals surface area contributed by atoms with Crippen molar-refractivity contribution in [3.8, 4) is 17.2 Å². The number of hydrogen-bond acceptors (Lipinski definition) is 7. The monoisotopic (exact) mass is 505 g/mol. The number of amides is 2. The Balaban J connectivity index is 1.91. The van der Waals surface area contributed by atoms with Gasteiger partial charge in [0.05, 0.1) is 7.11 Å². The molecule has 0 bridgehead atoms. The van der Waals surface area contributed by atoms with Crippen molar-refractivity contribution in [3.63, 3.8) is 0 Å². The van der Waals surface area contributed by atoms with Gasteiger partial charge in [0.25, 0.3) is 5.91 Å². The largest absolute Gasteiger partial charge is 0.504 e. The molecule has 192 valence electrons. The molecule has 0 aromatic heterocycles. The lowest BCUT2D eigenvalue weighted by atomic mass is 9.99. The Morgan fingerprint density at radius 1 is 0.973 bits per heavy atom. The number of para-hydroxylation sites is 1. The van der Waals surface area contributed by atoms with Crippen molar-refractivity contribution in [1.29, 1.82) is 0 Å². The Morgan fingerprint density at radius 2 is 1.65 bits per heavy atom. The number of allylic oxidation sites excluding steroid dienone is 1. The lowest BCUT2D eigenvalue weighted by Crippen LogP contribution is -2.36. The van der Waals surface area contributed by atoms with E-state index in [-0.39, 0.29) is 29.9 Å². The predicted molar refractivity (Wildman–Crippen MR) is 135 cm³/mol. The molecule has 0 unspecified atom stereocenters. The number of aliphatic carboxylic acids is 1. The third-order valence-electron chi connectivity index (χ3n) is 5.26. The van der Waals surface area contributed by atoms with Gasteiger partial charge in [-0.05, 0) is 49.2 Å². The number of carboxylic acids is 1. The first kappa shape index (κ1) is 26.8. The van der Waals surface area contributed by atoms with Crippen molar-refractivity contribution in [3.05, 3.63) is 102 Å². The topological polar surface area (TPSA) is 131 Å². The molecule has 3 aromatic carbocycles. The number of phenols is 1. The number of aromatic hydroxyl groups is 1. The average Bonchev–Trinajstić information content (AvgIpc) is 2.90. The quantitative estimate of drug-likeness (QED) is 0.314. The van der Waals surface area contributed by atoms with E-state index in [1.807, 2.05) is 6.07 Å². The molecule has 9 heteroatoms. The number of ether oxygens (including phenoxy) is 3. The van der Waals surface area contributed by atoms with Crippen molar-refractivity contribution < 1.29 is 38.8 Å². The van der Waals surface area contributed by atoms with Gasteiger partial charge in [-0.2, -0.15) is 0 Å². The summed E-state index contributed by atoms with van der Waals surface area (Å²) in [4.78, 5) is 36.2. The van der Waals surface area contributed by atoms with Crippen LogP contribution in [0.1, 0.15) is 34.9 Å². The van der Waals surface area contributed by atoms with Gasteiger partial charge in [-0.25, -0.2) is 9.59 Å². The molecule has 2 atom stereocenters. The number of hydrogen-bond donors (Lipinski definition) is 3. The number of methoxy groups -OCH3 is 1. The van der Waals surface area contributed by atoms with Gasteiger partial charge < -0.3 is 24.4 Å². The fourth-order valence-corrected chi connectivity index (χ4v) is 3.53. The summed E-state index contributed by atoms with van der Waals surface area (Å²) in [5, 5.41) is 21.5. The van der Waals surface area contributed by atoms with Crippen LogP contribution in [0.25, 0.3) is 0 Å². The first-order valence-corrected chi connectivity index (χ1v) is 11.4. The average molecular weight is 506 g/mol. The minimum atomic E-state index is -1.09. The molecule has 0 aliphatic rings. The number of benzene rings is 3. The fourth-order valence-electron chi connectivity index (χ4n) is 3.53. The molecule has 3 rings (SSSR count). The first-order chi connectivity index (χ1) is 17.9. The van der Waals surface area contributed by atoms with Gasteiger partial charge in [-0.1, -0.05) is 48.5 Å². The highest BCUT2D eigenvalue weighted by molar-refractivity contribution is 6.02. The number of carboxylic acid groups (broad SMARTS) is 1. The zero-order valence-electron chi connectivity index (χ0n) is 20.1. The van der Waals surface area contributed by atoms with Crippen LogP contribution >= 0.6 is 0 Å². The lowest BCUT2D eigenvalue weighted by molar-refractivity contribution is -0.131. The van der Waals surface area contributed by atoms with Crippen LogP contribution in [0.3, 0.4) is 0 Å². The summed E-state index contributed by atoms with van der Waals surface area (Å²) in [6.45, 7) is 0. The number of imide groups is 1. The van der Waals surface area contributed by atoms with Gasteiger partial charge >= 0.3 is 12.1 Å². The van der Waals surface area contributed by atoms with Gasteiger partial charge in [-0.15, -0.1) is 0 Å². The number of carbonyl (C=O) groups is 3. The maximum Gasteiger partial charge on any atom is 0.414 e. The highest BCUT2D eigenvalue weighted by atomic mass is 16.6. The third kappa shape index (κ3) is 8.14. The molecule has 0 radical (unpaired) electrons. The highest BCUT2D eigenvalue weighted by Crippen LogP contribution is 2.34. The molecule has 3 N–H and O–H groups in total. The molecular weight excluding hydrogens is 478 g/mol. The van der Waals surface area contributed by atoms with E-state index in [1.54, 1.807) is 60.7 Å². The smallest absolute Gasteiger partial charge is 0.414 e. The van der Waals surface area contributed by atoms with E-state index in [2.05, 4.69) is 5.32 Å². The van der Waals surface area contributed by atoms with Crippen molar-refractivity contribution in [1.82, 2.24) is 5.32 Å². The molecule has 0 spiro atoms. The highest BCUT2D eigenvalue weighted by Gasteiger charge is 2.30. The standard InChI is InChI=1S/C28H27NO8/c1-35-23-17-16-20(18-22(23)30)26(37-28(34)29-27(33)19-10-4-2-5-11-19)24(14-8-9-15-25(31)32)36-21-12-6-3-7-13-21/h2-7,9-13,15-18,24,26,30H,8,14H2,1H3,(H,31,32)(H,29,33,34)/b15-9+/t24-,26-/m0/s1. The zero-order chi connectivity index (χ0) is 26.6. The molecule has 0 aliphatic heterocycles. The van der Waals surface area contributed by atoms with Gasteiger partial charge in [0.1, 0.15) is 11.9 Å². The molecule has 0 aliphatic carbocycles. The summed E-state index contributed by atoms with van der Waals surface area (Å²) in [7, 11) is 1.40. The first-order valence-electron chi connectivity index (χ1n) is 11.4. The Kier molecular flexibility index (Phi) is 9.66. The summed E-state index contributed by atoms with van der Waals surface area (Å²) in [6.07, 6.45) is 0.0966. The molecule has 2 amide bonds. The Bertz CT molecular complexity index is 1230. The van der Waals surface area contributed by atoms with E-state index in [4.69, 9.17) is 19.3 Å². The summed E-state index contributed by atoms with van der Waals surface area (Å²) < 4.78 is 16.9. The van der Waals surface area contributed by atoms with Crippen molar-refractivity contribution in [2.45, 2.75) is 25.0 Å². The van der Waals surface area contributed by atoms with Crippen LogP contribution in [-0.2, 0) is 9.53 Å². The normalized spacial score (nSPS) is 12.4. The van der Waals surface area contributed by atoms with Crippen LogP contribution in [0.5, 0.6) is 17.2 Å². The van der Waals surface area contributed by atoms with Crippen molar-refractivity contribution in [2.24, 2.45) is 0 Å². The molecule has 0 heterocycles. The van der Waals surface area contributed by atoms with E-state index in [9.17, 15) is 19.5 Å². The van der Waals surface area contributed by atoms with Crippen LogP contribution in [0.15, 0.2) is 91.0 Å². The molecule has 3 aromatic rings. The van der Waals surface area contributed by atoms with Crippen LogP contribution in [-0.4, -0.2) is 41.4 Å². The molecule has 0 saturated heterocycles. The summed E-state index contributed by atoms with van der Waals surface area (Å²) >= 11 is 0. The van der Waals surface area contributed by atoms with Crippen LogP contribution in [0, 0.1) is 0 Å². The number of carbonyl (C=O) groups excluding carboxylic acids is 2. The molecule has 0 saturated carbocycles. The van der Waals surface area contributed by atoms with Gasteiger partial charge in [-0.3, -0.25) is 10.1 Å². The van der Waals surface area contributed by atoms with E-state index in [0.717, 1.165) is 6.08 Å². The Hall–Kier alpha value is -4.79. The summed E-state index contributed by atoms with van der Waals surface area (Å²) in [5.74, 6) is -1.21. The van der Waals surface area contributed by atoms with Gasteiger partial charge in [0.2, 0.25) is 0 Å². The van der Waals surface area contributed by atoms with Crippen LogP contribution in [0.4, 0.5) is 4.79 Å². The number of phenolic OH excluding ortho intramolecular Hbond substituents is 1. The minimum absolute atomic E-state index is 0.182. The van der Waals surface area contributed by atoms with Crippen LogP contribution in [0.2, 0.25) is 0 Å². The van der Waals surface area contributed by atoms with E-state index in [0.29, 0.717) is 11.3 Å². The van der Waals surface area contributed by atoms with E-state index < -0.39 is 30.2 Å². The van der Waals surface area contributed by atoms with Crippen molar-refractivity contribution in [2.75, 3.05) is 7.11 Å². The summed E-state index contributed by atoms with van der Waals surface area (Å²) in [6, 6.07) is 21.5. The SMILES string of the molecule is COc1ccc([C@H](OC(=O)NC(=O)c2ccccc2)[C@H](CC/C=C/C(=O)O)Oc2ccccc2)cc1O. The summed E-state index contributed by atoms with van der Waals surface area (Å²) in [5.41, 5.74) is 0.651. The second-order valence-corrected chi connectivity index (χ2v) is 7.86.